The van der Waals surface area contributed by atoms with Gasteiger partial charge in [0.05, 0.1) is 5.56 Å². The van der Waals surface area contributed by atoms with Crippen LogP contribution in [0.2, 0.25) is 0 Å². The van der Waals surface area contributed by atoms with Gasteiger partial charge in [-0.3, -0.25) is 9.78 Å². The van der Waals surface area contributed by atoms with E-state index in [0.717, 1.165) is 0 Å². The number of carbonyl (C=O) groups excluding carboxylic acids is 1. The summed E-state index contributed by atoms with van der Waals surface area (Å²) in [6, 6.07) is 10.3. The van der Waals surface area contributed by atoms with Crippen LogP contribution in [0.3, 0.4) is 0 Å². The number of allylic oxidation sites excluding steroid dienone is 1. The molecule has 1 aliphatic rings. The number of hydrogen-bond acceptors (Lipinski definition) is 4. The number of carbonyl (C=O) groups is 1. The minimum Gasteiger partial charge on any atom is -0.606 e. The van der Waals surface area contributed by atoms with E-state index >= 15 is 0 Å². The van der Waals surface area contributed by atoms with E-state index in [1.807, 2.05) is 0 Å². The number of fused-ring (bicyclic) bond motifs is 1. The fourth-order valence-corrected chi connectivity index (χ4v) is 3.39. The monoisotopic (exact) mass is 270 g/mol. The second kappa shape index (κ2) is 4.53. The molecule has 94 valence electrons. The molecular formula is C14H10N2O2S. The zero-order valence-corrected chi connectivity index (χ0v) is 10.7. The lowest BCUT2D eigenvalue weighted by atomic mass is 10.1. The Balaban J connectivity index is 2.16. The second-order valence-corrected chi connectivity index (χ2v) is 5.46. The summed E-state index contributed by atoms with van der Waals surface area (Å²) in [6.07, 6.45) is 3.17. The molecule has 1 atom stereocenters. The van der Waals surface area contributed by atoms with Crippen LogP contribution in [0.5, 0.6) is 0 Å². The van der Waals surface area contributed by atoms with Crippen LogP contribution in [-0.4, -0.2) is 15.3 Å². The summed E-state index contributed by atoms with van der Waals surface area (Å²) >= 11 is -1.52. The molecule has 1 aromatic heterocycles. The van der Waals surface area contributed by atoms with Crippen LogP contribution in [0.15, 0.2) is 58.6 Å². The van der Waals surface area contributed by atoms with Gasteiger partial charge in [0, 0.05) is 29.1 Å². The van der Waals surface area contributed by atoms with E-state index in [0.29, 0.717) is 16.0 Å². The van der Waals surface area contributed by atoms with Crippen LogP contribution in [-0.2, 0) is 11.2 Å². The van der Waals surface area contributed by atoms with Crippen LogP contribution in [0, 0.1) is 0 Å². The lowest BCUT2D eigenvalue weighted by Gasteiger charge is -2.07. The molecule has 0 spiro atoms. The van der Waals surface area contributed by atoms with Gasteiger partial charge < -0.3 is 10.3 Å². The highest BCUT2D eigenvalue weighted by atomic mass is 32.2. The highest BCUT2D eigenvalue weighted by Crippen LogP contribution is 2.36. The highest BCUT2D eigenvalue weighted by molar-refractivity contribution is 7.97. The van der Waals surface area contributed by atoms with Crippen molar-refractivity contribution in [3.05, 3.63) is 64.8 Å². The molecule has 0 aliphatic carbocycles. The van der Waals surface area contributed by atoms with Crippen molar-refractivity contribution in [1.82, 2.24) is 4.98 Å². The number of benzene rings is 1. The fourth-order valence-electron chi connectivity index (χ4n) is 2.01. The van der Waals surface area contributed by atoms with E-state index < -0.39 is 11.2 Å². The molecule has 3 rings (SSSR count). The van der Waals surface area contributed by atoms with Crippen molar-refractivity contribution in [3.63, 3.8) is 0 Å². The molecule has 0 fully saturated rings. The molecule has 1 unspecified atom stereocenters. The van der Waals surface area contributed by atoms with E-state index in [1.165, 1.54) is 0 Å². The molecule has 2 aromatic rings. The summed E-state index contributed by atoms with van der Waals surface area (Å²) in [5.74, 6) is -0.268. The molecule has 2 N–H and O–H groups in total. The van der Waals surface area contributed by atoms with E-state index in [4.69, 9.17) is 5.73 Å². The molecule has 4 nitrogen and oxygen atoms in total. The third-order valence-electron chi connectivity index (χ3n) is 2.94. The average Bonchev–Trinajstić information content (AvgIpc) is 2.72. The lowest BCUT2D eigenvalue weighted by molar-refractivity contribution is 0.104. The van der Waals surface area contributed by atoms with Crippen molar-refractivity contribution in [2.75, 3.05) is 0 Å². The molecule has 2 heterocycles. The fraction of sp³-hybridized carbons (Fsp3) is 0. The molecule has 19 heavy (non-hydrogen) atoms. The predicted octanol–water partition coefficient (Wildman–Crippen LogP) is 1.71. The van der Waals surface area contributed by atoms with Crippen molar-refractivity contribution in [1.29, 1.82) is 0 Å². The van der Waals surface area contributed by atoms with Gasteiger partial charge in [-0.15, -0.1) is 0 Å². The topological polar surface area (TPSA) is 79.0 Å². The number of rotatable bonds is 1. The van der Waals surface area contributed by atoms with E-state index in [9.17, 15) is 9.35 Å². The van der Waals surface area contributed by atoms with Gasteiger partial charge >= 0.3 is 0 Å². The minimum absolute atomic E-state index is 0.147. The number of hydrogen-bond donors (Lipinski definition) is 1. The predicted molar refractivity (Wildman–Crippen MR) is 72.5 cm³/mol. The zero-order valence-electron chi connectivity index (χ0n) is 9.87. The average molecular weight is 270 g/mol. The number of pyridine rings is 1. The molecule has 0 bridgehead atoms. The van der Waals surface area contributed by atoms with Crippen LogP contribution in [0.25, 0.3) is 5.70 Å². The third-order valence-corrected chi connectivity index (χ3v) is 4.47. The van der Waals surface area contributed by atoms with Gasteiger partial charge in [0.25, 0.3) is 0 Å². The van der Waals surface area contributed by atoms with Gasteiger partial charge in [0.1, 0.15) is 5.70 Å². The minimum atomic E-state index is -1.52. The van der Waals surface area contributed by atoms with Crippen molar-refractivity contribution < 1.29 is 9.35 Å². The molecular weight excluding hydrogens is 260 g/mol. The van der Waals surface area contributed by atoms with Gasteiger partial charge in [0.15, 0.2) is 4.90 Å². The Kier molecular flexibility index (Phi) is 2.85. The van der Waals surface area contributed by atoms with Crippen LogP contribution in [0.4, 0.5) is 0 Å². The number of ketones is 1. The van der Waals surface area contributed by atoms with E-state index in [2.05, 4.69) is 4.98 Å². The molecule has 0 radical (unpaired) electrons. The third kappa shape index (κ3) is 1.83. The van der Waals surface area contributed by atoms with E-state index in [-0.39, 0.29) is 16.4 Å². The standard InChI is InChI=1S/C14H10N2O2S/c15-12(9-4-3-7-16-8-9)14-13(17)10-5-1-2-6-11(10)19(14)18/h1-8H,15H2/b14-12+. The summed E-state index contributed by atoms with van der Waals surface area (Å²) in [5.41, 5.74) is 7.28. The van der Waals surface area contributed by atoms with Gasteiger partial charge in [-0.1, -0.05) is 12.1 Å². The summed E-state index contributed by atoms with van der Waals surface area (Å²) in [7, 11) is 0. The van der Waals surface area contributed by atoms with Gasteiger partial charge in [-0.05, 0) is 24.3 Å². The smallest absolute Gasteiger partial charge is 0.248 e. The Hall–Kier alpha value is -2.11. The van der Waals surface area contributed by atoms with Gasteiger partial charge in [-0.25, -0.2) is 0 Å². The first kappa shape index (κ1) is 12.0. The maximum absolute atomic E-state index is 12.4. The molecule has 0 saturated heterocycles. The van der Waals surface area contributed by atoms with Crippen molar-refractivity contribution in [3.8, 4) is 0 Å². The van der Waals surface area contributed by atoms with Crippen molar-refractivity contribution in [2.24, 2.45) is 5.73 Å². The molecule has 0 saturated carbocycles. The zero-order chi connectivity index (χ0) is 13.4. The molecule has 1 aromatic carbocycles. The first-order valence-corrected chi connectivity index (χ1v) is 6.81. The maximum Gasteiger partial charge on any atom is 0.248 e. The van der Waals surface area contributed by atoms with Gasteiger partial charge in [0.2, 0.25) is 10.7 Å². The molecule has 1 aliphatic heterocycles. The van der Waals surface area contributed by atoms with Gasteiger partial charge in [-0.2, -0.15) is 0 Å². The summed E-state index contributed by atoms with van der Waals surface area (Å²) in [5, 5.41) is 0. The summed E-state index contributed by atoms with van der Waals surface area (Å²) in [4.78, 5) is 16.9. The Morgan fingerprint density at radius 3 is 2.68 bits per heavy atom. The Morgan fingerprint density at radius 1 is 1.21 bits per heavy atom. The quantitative estimate of drug-likeness (QED) is 0.632. The lowest BCUT2D eigenvalue weighted by Crippen LogP contribution is -2.11. The largest absolute Gasteiger partial charge is 0.606 e. The SMILES string of the molecule is N/C(=C1\C(=O)c2ccccc2[S+]1[O-])c1cccnc1. The first-order valence-electron chi connectivity index (χ1n) is 5.66. The van der Waals surface area contributed by atoms with E-state index in [1.54, 1.807) is 48.8 Å². The van der Waals surface area contributed by atoms with Crippen LogP contribution < -0.4 is 5.73 Å². The number of nitrogens with zero attached hydrogens (tertiary/aromatic N) is 1. The highest BCUT2D eigenvalue weighted by Gasteiger charge is 2.41. The number of nitrogens with two attached hydrogens (primary N) is 1. The van der Waals surface area contributed by atoms with Crippen molar-refractivity contribution >= 4 is 22.7 Å². The number of Topliss-reactive ketones (excluding diaryl/α,β-unsaturated/α-hetero) is 1. The number of aromatic nitrogens is 1. The molecule has 0 amide bonds. The van der Waals surface area contributed by atoms with Crippen LogP contribution in [0.1, 0.15) is 15.9 Å². The maximum atomic E-state index is 12.4. The first-order chi connectivity index (χ1) is 9.20. The molecule has 5 heteroatoms. The Morgan fingerprint density at radius 2 is 2.00 bits per heavy atom. The van der Waals surface area contributed by atoms with Crippen molar-refractivity contribution in [2.45, 2.75) is 4.90 Å². The summed E-state index contributed by atoms with van der Waals surface area (Å²) in [6.45, 7) is 0. The second-order valence-electron chi connectivity index (χ2n) is 4.08. The van der Waals surface area contributed by atoms with Crippen LogP contribution >= 0.6 is 0 Å². The Bertz CT molecular complexity index is 683. The summed E-state index contributed by atoms with van der Waals surface area (Å²) < 4.78 is 12.4. The normalized spacial score (nSPS) is 20.3. The Labute approximate surface area is 113 Å².